The lowest BCUT2D eigenvalue weighted by atomic mass is 10.5. The van der Waals surface area contributed by atoms with E-state index in [1.54, 1.807) is 6.92 Å². The second-order valence-electron chi connectivity index (χ2n) is 2.41. The van der Waals surface area contributed by atoms with Crippen LogP contribution in [0.3, 0.4) is 0 Å². The number of hydrogen-bond acceptors (Lipinski definition) is 4. The molecule has 13 heavy (non-hydrogen) atoms. The highest BCUT2D eigenvalue weighted by Gasteiger charge is 2.15. The molecule has 5 heteroatoms. The first-order chi connectivity index (χ1) is 6.15. The predicted octanol–water partition coefficient (Wildman–Crippen LogP) is 2.31. The van der Waals surface area contributed by atoms with E-state index in [9.17, 15) is 4.79 Å². The van der Waals surface area contributed by atoms with Crippen molar-refractivity contribution in [2.24, 2.45) is 0 Å². The van der Waals surface area contributed by atoms with Crippen LogP contribution in [0.5, 0.6) is 0 Å². The molecule has 0 saturated carbocycles. The second kappa shape index (κ2) is 4.41. The van der Waals surface area contributed by atoms with Gasteiger partial charge in [-0.15, -0.1) is 0 Å². The molecule has 0 spiro atoms. The zero-order valence-electron chi connectivity index (χ0n) is 7.41. The van der Waals surface area contributed by atoms with Gasteiger partial charge in [-0.05, 0) is 13.8 Å². The van der Waals surface area contributed by atoms with Crippen molar-refractivity contribution in [3.63, 3.8) is 0 Å². The molecule has 0 aliphatic carbocycles. The Hall–Kier alpha value is -0.840. The predicted molar refractivity (Wildman–Crippen MR) is 49.8 cm³/mol. The van der Waals surface area contributed by atoms with Gasteiger partial charge in [-0.1, -0.05) is 15.9 Å². The van der Waals surface area contributed by atoms with Gasteiger partial charge < -0.3 is 9.15 Å². The maximum Gasteiger partial charge on any atom is 0.360 e. The number of carbonyl (C=O) groups excluding carboxylic acids is 1. The highest BCUT2D eigenvalue weighted by Crippen LogP contribution is 2.20. The van der Waals surface area contributed by atoms with Gasteiger partial charge in [-0.2, -0.15) is 0 Å². The Morgan fingerprint density at radius 1 is 1.85 bits per heavy atom. The van der Waals surface area contributed by atoms with Crippen molar-refractivity contribution in [1.82, 2.24) is 4.98 Å². The molecule has 0 N–H and O–H groups in total. The number of hydrogen-bond donors (Lipinski definition) is 0. The molecule has 0 radical (unpaired) electrons. The Bertz CT molecular complexity index is 295. The fourth-order valence-corrected chi connectivity index (χ4v) is 0.979. The van der Waals surface area contributed by atoms with E-state index in [4.69, 9.17) is 9.15 Å². The molecule has 0 aromatic carbocycles. The molecule has 4 nitrogen and oxygen atoms in total. The molecule has 0 aliphatic heterocycles. The number of aromatic nitrogens is 1. The molecule has 1 atom stereocenters. The van der Waals surface area contributed by atoms with Crippen molar-refractivity contribution in [1.29, 1.82) is 0 Å². The van der Waals surface area contributed by atoms with E-state index in [1.165, 1.54) is 6.26 Å². The van der Waals surface area contributed by atoms with Crippen LogP contribution >= 0.6 is 15.9 Å². The molecule has 1 heterocycles. The Morgan fingerprint density at radius 2 is 2.54 bits per heavy atom. The minimum atomic E-state index is -0.453. The van der Waals surface area contributed by atoms with Crippen LogP contribution in [0.2, 0.25) is 0 Å². The molecule has 0 aliphatic rings. The summed E-state index contributed by atoms with van der Waals surface area (Å²) in [4.78, 5) is 15.1. The van der Waals surface area contributed by atoms with E-state index in [2.05, 4.69) is 20.9 Å². The van der Waals surface area contributed by atoms with E-state index in [0.29, 0.717) is 12.5 Å². The molecular weight excluding hydrogens is 238 g/mol. The number of carbonyl (C=O) groups is 1. The largest absolute Gasteiger partial charge is 0.461 e. The van der Waals surface area contributed by atoms with Gasteiger partial charge in [-0.3, -0.25) is 0 Å². The number of rotatable bonds is 3. The standard InChI is InChI=1S/C8H10BrNO3/c1-3-12-8(11)6-4-13-7(10-6)5(2)9/h4-5H,3H2,1-2H3. The quantitative estimate of drug-likeness (QED) is 0.608. The monoisotopic (exact) mass is 247 g/mol. The Balaban J connectivity index is 2.73. The molecule has 1 rings (SSSR count). The minimum absolute atomic E-state index is 0.00400. The fraction of sp³-hybridized carbons (Fsp3) is 0.500. The molecule has 0 amide bonds. The molecule has 1 unspecified atom stereocenters. The second-order valence-corrected chi connectivity index (χ2v) is 3.78. The van der Waals surface area contributed by atoms with Crippen molar-refractivity contribution in [3.05, 3.63) is 17.8 Å². The number of oxazole rings is 1. The summed E-state index contributed by atoms with van der Waals surface area (Å²) in [6.45, 7) is 3.94. The highest BCUT2D eigenvalue weighted by molar-refractivity contribution is 9.09. The number of alkyl halides is 1. The third-order valence-electron chi connectivity index (χ3n) is 1.35. The van der Waals surface area contributed by atoms with E-state index in [0.717, 1.165) is 0 Å². The van der Waals surface area contributed by atoms with Crippen molar-refractivity contribution in [2.45, 2.75) is 18.7 Å². The zero-order chi connectivity index (χ0) is 9.84. The number of esters is 1. The molecule has 1 aromatic rings. The topological polar surface area (TPSA) is 52.3 Å². The summed E-state index contributed by atoms with van der Waals surface area (Å²) in [7, 11) is 0. The van der Waals surface area contributed by atoms with Crippen LogP contribution in [-0.4, -0.2) is 17.6 Å². The Kier molecular flexibility index (Phi) is 3.48. The molecule has 0 bridgehead atoms. The summed E-state index contributed by atoms with van der Waals surface area (Å²) in [5.41, 5.74) is 0.211. The van der Waals surface area contributed by atoms with E-state index in [-0.39, 0.29) is 10.5 Å². The first-order valence-corrected chi connectivity index (χ1v) is 4.83. The van der Waals surface area contributed by atoms with Crippen LogP contribution in [0.25, 0.3) is 0 Å². The van der Waals surface area contributed by atoms with Gasteiger partial charge in [0.1, 0.15) is 6.26 Å². The fourth-order valence-electron chi connectivity index (χ4n) is 0.769. The smallest absolute Gasteiger partial charge is 0.360 e. The number of halogens is 1. The van der Waals surface area contributed by atoms with Crippen molar-refractivity contribution in [3.8, 4) is 0 Å². The average molecular weight is 248 g/mol. The first kappa shape index (κ1) is 10.2. The van der Waals surface area contributed by atoms with Gasteiger partial charge in [0, 0.05) is 0 Å². The summed E-state index contributed by atoms with van der Waals surface area (Å²) >= 11 is 3.28. The van der Waals surface area contributed by atoms with Crippen LogP contribution in [0.4, 0.5) is 0 Å². The van der Waals surface area contributed by atoms with Gasteiger partial charge in [0.15, 0.2) is 5.69 Å². The van der Waals surface area contributed by atoms with E-state index < -0.39 is 5.97 Å². The van der Waals surface area contributed by atoms with Crippen molar-refractivity contribution < 1.29 is 13.9 Å². The summed E-state index contributed by atoms with van der Waals surface area (Å²) in [6, 6.07) is 0. The third kappa shape index (κ3) is 2.55. The molecule has 0 saturated heterocycles. The summed E-state index contributed by atoms with van der Waals surface area (Å²) < 4.78 is 9.78. The van der Waals surface area contributed by atoms with Crippen LogP contribution in [0.15, 0.2) is 10.7 Å². The van der Waals surface area contributed by atoms with E-state index >= 15 is 0 Å². The summed E-state index contributed by atoms with van der Waals surface area (Å²) in [5, 5.41) is 0. The normalized spacial score (nSPS) is 12.5. The van der Waals surface area contributed by atoms with Gasteiger partial charge in [0.2, 0.25) is 5.89 Å². The average Bonchev–Trinajstić information content (AvgIpc) is 2.52. The van der Waals surface area contributed by atoms with Crippen molar-refractivity contribution in [2.75, 3.05) is 6.61 Å². The lowest BCUT2D eigenvalue weighted by molar-refractivity contribution is 0.0519. The van der Waals surface area contributed by atoms with Crippen LogP contribution in [0.1, 0.15) is 35.1 Å². The maximum absolute atomic E-state index is 11.1. The van der Waals surface area contributed by atoms with Crippen LogP contribution in [0, 0.1) is 0 Å². The SMILES string of the molecule is CCOC(=O)c1coc(C(C)Br)n1. The van der Waals surface area contributed by atoms with Crippen LogP contribution < -0.4 is 0 Å². The highest BCUT2D eigenvalue weighted by atomic mass is 79.9. The molecule has 1 aromatic heterocycles. The van der Waals surface area contributed by atoms with Crippen molar-refractivity contribution >= 4 is 21.9 Å². The molecule has 0 fully saturated rings. The molecular formula is C8H10BrNO3. The summed E-state index contributed by atoms with van der Waals surface area (Å²) in [5.74, 6) is 0.0219. The summed E-state index contributed by atoms with van der Waals surface area (Å²) in [6.07, 6.45) is 1.30. The zero-order valence-corrected chi connectivity index (χ0v) is 9.00. The number of nitrogens with zero attached hydrogens (tertiary/aromatic N) is 1. The third-order valence-corrected chi connectivity index (χ3v) is 1.74. The van der Waals surface area contributed by atoms with Gasteiger partial charge >= 0.3 is 5.97 Å². The lowest BCUT2D eigenvalue weighted by Crippen LogP contribution is -2.04. The number of ether oxygens (including phenoxy) is 1. The van der Waals surface area contributed by atoms with Crippen LogP contribution in [-0.2, 0) is 4.74 Å². The lowest BCUT2D eigenvalue weighted by Gasteiger charge is -1.95. The minimum Gasteiger partial charge on any atom is -0.461 e. The Morgan fingerprint density at radius 3 is 3.00 bits per heavy atom. The Labute approximate surface area is 84.4 Å². The first-order valence-electron chi connectivity index (χ1n) is 3.91. The van der Waals surface area contributed by atoms with Gasteiger partial charge in [0.05, 0.1) is 11.4 Å². The van der Waals surface area contributed by atoms with Gasteiger partial charge in [0.25, 0.3) is 0 Å². The maximum atomic E-state index is 11.1. The van der Waals surface area contributed by atoms with Gasteiger partial charge in [-0.25, -0.2) is 9.78 Å². The van der Waals surface area contributed by atoms with E-state index in [1.807, 2.05) is 6.92 Å². The molecule has 72 valence electrons.